The van der Waals surface area contributed by atoms with E-state index in [4.69, 9.17) is 10.5 Å². The zero-order valence-corrected chi connectivity index (χ0v) is 11.8. The van der Waals surface area contributed by atoms with E-state index in [0.717, 1.165) is 11.1 Å². The van der Waals surface area contributed by atoms with Crippen LogP contribution in [0.15, 0.2) is 42.6 Å². The van der Waals surface area contributed by atoms with Crippen LogP contribution in [0.2, 0.25) is 0 Å². The molecule has 0 aliphatic carbocycles. The molecule has 2 amide bonds. The third-order valence-electron chi connectivity index (χ3n) is 2.88. The van der Waals surface area contributed by atoms with E-state index in [1.165, 1.54) is 0 Å². The van der Waals surface area contributed by atoms with Crippen molar-refractivity contribution in [2.75, 3.05) is 12.4 Å². The van der Waals surface area contributed by atoms with Crippen LogP contribution in [-0.2, 0) is 13.1 Å². The monoisotopic (exact) mass is 286 g/mol. The molecule has 2 rings (SSSR count). The van der Waals surface area contributed by atoms with Gasteiger partial charge < -0.3 is 21.1 Å². The molecule has 1 heterocycles. The van der Waals surface area contributed by atoms with E-state index in [-0.39, 0.29) is 6.03 Å². The number of anilines is 1. The Morgan fingerprint density at radius 3 is 2.81 bits per heavy atom. The molecule has 0 radical (unpaired) electrons. The summed E-state index contributed by atoms with van der Waals surface area (Å²) in [6.07, 6.45) is 1.66. The van der Waals surface area contributed by atoms with Crippen LogP contribution in [0.4, 0.5) is 10.5 Å². The topological polar surface area (TPSA) is 89.3 Å². The molecule has 4 N–H and O–H groups in total. The summed E-state index contributed by atoms with van der Waals surface area (Å²) < 4.78 is 4.97. The van der Waals surface area contributed by atoms with E-state index in [2.05, 4.69) is 15.6 Å². The normalized spacial score (nSPS) is 10.0. The van der Waals surface area contributed by atoms with Crippen LogP contribution in [0.5, 0.6) is 5.88 Å². The Morgan fingerprint density at radius 2 is 2.14 bits per heavy atom. The maximum Gasteiger partial charge on any atom is 0.319 e. The zero-order chi connectivity index (χ0) is 15.1. The van der Waals surface area contributed by atoms with Gasteiger partial charge in [0.05, 0.1) is 7.11 Å². The summed E-state index contributed by atoms with van der Waals surface area (Å²) in [6, 6.07) is 10.7. The van der Waals surface area contributed by atoms with Crippen LogP contribution >= 0.6 is 0 Å². The molecule has 0 aliphatic heterocycles. The third-order valence-corrected chi connectivity index (χ3v) is 2.88. The van der Waals surface area contributed by atoms with Gasteiger partial charge >= 0.3 is 6.03 Å². The zero-order valence-electron chi connectivity index (χ0n) is 11.8. The fourth-order valence-electron chi connectivity index (χ4n) is 1.77. The number of urea groups is 1. The summed E-state index contributed by atoms with van der Waals surface area (Å²) in [5.41, 5.74) is 8.13. The average molecular weight is 286 g/mol. The second kappa shape index (κ2) is 7.25. The quantitative estimate of drug-likeness (QED) is 0.782. The lowest BCUT2D eigenvalue weighted by atomic mass is 10.2. The van der Waals surface area contributed by atoms with Crippen molar-refractivity contribution >= 4 is 11.7 Å². The lowest BCUT2D eigenvalue weighted by Crippen LogP contribution is -2.28. The minimum Gasteiger partial charge on any atom is -0.481 e. The third kappa shape index (κ3) is 4.47. The number of amides is 2. The van der Waals surface area contributed by atoms with E-state index >= 15 is 0 Å². The van der Waals surface area contributed by atoms with Crippen LogP contribution in [-0.4, -0.2) is 18.1 Å². The SMILES string of the molecule is COc1ccc(CNC(=O)Nc2cccc(CN)c2)cn1. The Labute approximate surface area is 123 Å². The predicted octanol–water partition coefficient (Wildman–Crippen LogP) is 1.87. The summed E-state index contributed by atoms with van der Waals surface area (Å²) in [4.78, 5) is 15.9. The Bertz CT molecular complexity index is 599. The second-order valence-electron chi connectivity index (χ2n) is 4.42. The Kier molecular flexibility index (Phi) is 5.11. The van der Waals surface area contributed by atoms with Gasteiger partial charge in [-0.1, -0.05) is 18.2 Å². The molecule has 0 saturated carbocycles. The number of hydrogen-bond acceptors (Lipinski definition) is 4. The number of ether oxygens (including phenoxy) is 1. The van der Waals surface area contributed by atoms with Crippen molar-refractivity contribution in [3.63, 3.8) is 0 Å². The Hall–Kier alpha value is -2.60. The van der Waals surface area contributed by atoms with Crippen LogP contribution in [0, 0.1) is 0 Å². The van der Waals surface area contributed by atoms with Gasteiger partial charge in [0.2, 0.25) is 5.88 Å². The molecule has 2 aromatic rings. The molecule has 21 heavy (non-hydrogen) atoms. The van der Waals surface area contributed by atoms with E-state index in [0.29, 0.717) is 24.7 Å². The van der Waals surface area contributed by atoms with Crippen molar-refractivity contribution in [3.8, 4) is 5.88 Å². The van der Waals surface area contributed by atoms with Crippen LogP contribution in [0.25, 0.3) is 0 Å². The molecular weight excluding hydrogens is 268 g/mol. The smallest absolute Gasteiger partial charge is 0.319 e. The van der Waals surface area contributed by atoms with Crippen LogP contribution in [0.1, 0.15) is 11.1 Å². The first-order chi connectivity index (χ1) is 10.2. The van der Waals surface area contributed by atoms with Crippen molar-refractivity contribution in [2.24, 2.45) is 5.73 Å². The molecule has 0 atom stereocenters. The number of hydrogen-bond donors (Lipinski definition) is 3. The van der Waals surface area contributed by atoms with Gasteiger partial charge in [-0.15, -0.1) is 0 Å². The van der Waals surface area contributed by atoms with Gasteiger partial charge in [-0.3, -0.25) is 0 Å². The summed E-state index contributed by atoms with van der Waals surface area (Å²) >= 11 is 0. The van der Waals surface area contributed by atoms with Gasteiger partial charge in [0.15, 0.2) is 0 Å². The Morgan fingerprint density at radius 1 is 1.29 bits per heavy atom. The van der Waals surface area contributed by atoms with E-state index in [1.54, 1.807) is 19.4 Å². The largest absolute Gasteiger partial charge is 0.481 e. The molecule has 0 spiro atoms. The maximum absolute atomic E-state index is 11.8. The number of pyridine rings is 1. The first-order valence-corrected chi connectivity index (χ1v) is 6.54. The van der Waals surface area contributed by atoms with Gasteiger partial charge in [-0.05, 0) is 23.3 Å². The number of benzene rings is 1. The number of carbonyl (C=O) groups is 1. The highest BCUT2D eigenvalue weighted by molar-refractivity contribution is 5.89. The second-order valence-corrected chi connectivity index (χ2v) is 4.42. The first-order valence-electron chi connectivity index (χ1n) is 6.54. The lowest BCUT2D eigenvalue weighted by Gasteiger charge is -2.09. The van der Waals surface area contributed by atoms with Gasteiger partial charge in [0.25, 0.3) is 0 Å². The highest BCUT2D eigenvalue weighted by Crippen LogP contribution is 2.10. The number of nitrogens with zero attached hydrogens (tertiary/aromatic N) is 1. The predicted molar refractivity (Wildman–Crippen MR) is 81.0 cm³/mol. The molecule has 0 bridgehead atoms. The van der Waals surface area contributed by atoms with E-state index in [1.807, 2.05) is 30.3 Å². The summed E-state index contributed by atoms with van der Waals surface area (Å²) in [5.74, 6) is 0.543. The standard InChI is InChI=1S/C15H18N4O2/c1-21-14-6-5-12(9-17-14)10-18-15(20)19-13-4-2-3-11(7-13)8-16/h2-7,9H,8,10,16H2,1H3,(H2,18,19,20). The van der Waals surface area contributed by atoms with Gasteiger partial charge in [-0.2, -0.15) is 0 Å². The summed E-state index contributed by atoms with van der Waals surface area (Å²) in [6.45, 7) is 0.827. The molecule has 0 unspecified atom stereocenters. The Balaban J connectivity index is 1.86. The highest BCUT2D eigenvalue weighted by Gasteiger charge is 2.03. The van der Waals surface area contributed by atoms with E-state index < -0.39 is 0 Å². The molecular formula is C15H18N4O2. The fourth-order valence-corrected chi connectivity index (χ4v) is 1.77. The minimum absolute atomic E-state index is 0.278. The molecule has 110 valence electrons. The maximum atomic E-state index is 11.8. The van der Waals surface area contributed by atoms with Gasteiger partial charge in [-0.25, -0.2) is 9.78 Å². The van der Waals surface area contributed by atoms with Crippen LogP contribution in [0.3, 0.4) is 0 Å². The van der Waals surface area contributed by atoms with Crippen molar-refractivity contribution in [2.45, 2.75) is 13.1 Å². The number of carbonyl (C=O) groups excluding carboxylic acids is 1. The number of methoxy groups -OCH3 is 1. The highest BCUT2D eigenvalue weighted by atomic mass is 16.5. The molecule has 6 nitrogen and oxygen atoms in total. The van der Waals surface area contributed by atoms with Crippen LogP contribution < -0.4 is 21.1 Å². The lowest BCUT2D eigenvalue weighted by molar-refractivity contribution is 0.251. The van der Waals surface area contributed by atoms with Crippen molar-refractivity contribution in [3.05, 3.63) is 53.7 Å². The van der Waals surface area contributed by atoms with E-state index in [9.17, 15) is 4.79 Å². The molecule has 0 fully saturated rings. The fraction of sp³-hybridized carbons (Fsp3) is 0.200. The summed E-state index contributed by atoms with van der Waals surface area (Å²) in [7, 11) is 1.56. The van der Waals surface area contributed by atoms with Crippen molar-refractivity contribution in [1.82, 2.24) is 10.3 Å². The molecule has 1 aromatic heterocycles. The molecule has 0 aliphatic rings. The molecule has 6 heteroatoms. The number of nitrogens with two attached hydrogens (primary N) is 1. The number of nitrogens with one attached hydrogen (secondary N) is 2. The number of aromatic nitrogens is 1. The number of rotatable bonds is 5. The molecule has 0 saturated heterocycles. The van der Waals surface area contributed by atoms with Gasteiger partial charge in [0, 0.05) is 31.0 Å². The first kappa shape index (κ1) is 14.8. The molecule has 1 aromatic carbocycles. The van der Waals surface area contributed by atoms with Crippen molar-refractivity contribution < 1.29 is 9.53 Å². The minimum atomic E-state index is -0.278. The summed E-state index contributed by atoms with van der Waals surface area (Å²) in [5, 5.41) is 5.52. The van der Waals surface area contributed by atoms with Gasteiger partial charge in [0.1, 0.15) is 0 Å². The average Bonchev–Trinajstić information content (AvgIpc) is 2.53. The van der Waals surface area contributed by atoms with Crippen molar-refractivity contribution in [1.29, 1.82) is 0 Å².